The van der Waals surface area contributed by atoms with Crippen LogP contribution in [0.15, 0.2) is 0 Å². The quantitative estimate of drug-likeness (QED) is 0.806. The number of carbonyl (C=O) groups excluding carboxylic acids is 1. The fraction of sp³-hybridized carbons (Fsp3) is 0.857. The predicted octanol–water partition coefficient (Wildman–Crippen LogP) is 2.46. The van der Waals surface area contributed by atoms with Crippen LogP contribution in [0.1, 0.15) is 53.4 Å². The molecule has 5 nitrogen and oxygen atoms in total. The summed E-state index contributed by atoms with van der Waals surface area (Å²) < 4.78 is 0. The molecule has 1 saturated carbocycles. The van der Waals surface area contributed by atoms with E-state index in [1.54, 1.807) is 11.8 Å². The highest BCUT2D eigenvalue weighted by atomic mass is 16.4. The Labute approximate surface area is 115 Å². The van der Waals surface area contributed by atoms with E-state index in [9.17, 15) is 9.59 Å². The second-order valence-corrected chi connectivity index (χ2v) is 6.29. The minimum Gasteiger partial charge on any atom is -0.481 e. The number of carboxylic acid groups (broad SMARTS) is 1. The summed E-state index contributed by atoms with van der Waals surface area (Å²) in [6.45, 7) is 8.59. The van der Waals surface area contributed by atoms with Crippen molar-refractivity contribution in [2.45, 2.75) is 65.5 Å². The van der Waals surface area contributed by atoms with Crippen LogP contribution in [0.3, 0.4) is 0 Å². The number of carboxylic acids is 1. The molecule has 19 heavy (non-hydrogen) atoms. The third kappa shape index (κ3) is 4.73. The zero-order chi connectivity index (χ0) is 14.6. The molecule has 1 aliphatic carbocycles. The third-order valence-electron chi connectivity index (χ3n) is 3.90. The van der Waals surface area contributed by atoms with Crippen LogP contribution in [-0.4, -0.2) is 40.6 Å². The monoisotopic (exact) mass is 270 g/mol. The first-order chi connectivity index (χ1) is 8.75. The van der Waals surface area contributed by atoms with E-state index in [0.717, 1.165) is 19.3 Å². The maximum absolute atomic E-state index is 12.2. The Bertz CT molecular complexity index is 342. The summed E-state index contributed by atoms with van der Waals surface area (Å²) in [4.78, 5) is 24.5. The number of nitrogens with zero attached hydrogens (tertiary/aromatic N) is 1. The molecule has 0 aliphatic heterocycles. The lowest BCUT2D eigenvalue weighted by Crippen LogP contribution is -2.48. The van der Waals surface area contributed by atoms with Gasteiger partial charge in [0.1, 0.15) is 0 Å². The SMILES string of the molecule is CCN(C(=O)NC1CCC(C)(C)C1)C(C)CC(=O)O. The first-order valence-electron chi connectivity index (χ1n) is 7.04. The minimum absolute atomic E-state index is 0.0164. The standard InChI is InChI=1S/C14H26N2O3/c1-5-16(10(2)8-12(17)18)13(19)15-11-6-7-14(3,4)9-11/h10-11H,5-9H2,1-4H3,(H,15,19)(H,17,18). The Morgan fingerprint density at radius 2 is 2.11 bits per heavy atom. The van der Waals surface area contributed by atoms with Crippen molar-refractivity contribution in [1.29, 1.82) is 0 Å². The van der Waals surface area contributed by atoms with Gasteiger partial charge in [-0.25, -0.2) is 4.79 Å². The molecule has 0 heterocycles. The van der Waals surface area contributed by atoms with Crippen LogP contribution in [0.2, 0.25) is 0 Å². The highest BCUT2D eigenvalue weighted by molar-refractivity contribution is 5.76. The summed E-state index contributed by atoms with van der Waals surface area (Å²) in [6, 6.07) is -0.204. The Hall–Kier alpha value is -1.26. The highest BCUT2D eigenvalue weighted by Crippen LogP contribution is 2.36. The molecule has 0 bridgehead atoms. The van der Waals surface area contributed by atoms with Gasteiger partial charge < -0.3 is 15.3 Å². The van der Waals surface area contributed by atoms with Gasteiger partial charge in [0.15, 0.2) is 0 Å². The van der Waals surface area contributed by atoms with E-state index < -0.39 is 5.97 Å². The lowest BCUT2D eigenvalue weighted by Gasteiger charge is -2.29. The maximum atomic E-state index is 12.2. The summed E-state index contributed by atoms with van der Waals surface area (Å²) in [5.41, 5.74) is 0.293. The van der Waals surface area contributed by atoms with Crippen molar-refractivity contribution in [1.82, 2.24) is 10.2 Å². The zero-order valence-electron chi connectivity index (χ0n) is 12.4. The minimum atomic E-state index is -0.874. The van der Waals surface area contributed by atoms with Crippen molar-refractivity contribution in [3.63, 3.8) is 0 Å². The predicted molar refractivity (Wildman–Crippen MR) is 74.0 cm³/mol. The summed E-state index contributed by atoms with van der Waals surface area (Å²) >= 11 is 0. The van der Waals surface area contributed by atoms with Gasteiger partial charge in [-0.2, -0.15) is 0 Å². The van der Waals surface area contributed by atoms with E-state index >= 15 is 0 Å². The van der Waals surface area contributed by atoms with Crippen LogP contribution in [0, 0.1) is 5.41 Å². The highest BCUT2D eigenvalue weighted by Gasteiger charge is 2.33. The van der Waals surface area contributed by atoms with Crippen molar-refractivity contribution in [2.24, 2.45) is 5.41 Å². The molecule has 0 spiro atoms. The van der Waals surface area contributed by atoms with Gasteiger partial charge in [0.2, 0.25) is 0 Å². The molecule has 1 aliphatic rings. The number of amides is 2. The van der Waals surface area contributed by atoms with Crippen LogP contribution in [-0.2, 0) is 4.79 Å². The van der Waals surface area contributed by atoms with Crippen LogP contribution >= 0.6 is 0 Å². The van der Waals surface area contributed by atoms with Crippen LogP contribution in [0.25, 0.3) is 0 Å². The van der Waals surface area contributed by atoms with Gasteiger partial charge in [0.25, 0.3) is 0 Å². The molecule has 1 fully saturated rings. The molecule has 5 heteroatoms. The van der Waals surface area contributed by atoms with Gasteiger partial charge in [-0.1, -0.05) is 13.8 Å². The molecule has 2 unspecified atom stereocenters. The number of hydrogen-bond donors (Lipinski definition) is 2. The summed E-state index contributed by atoms with van der Waals surface area (Å²) in [7, 11) is 0. The molecule has 0 radical (unpaired) electrons. The van der Waals surface area contributed by atoms with E-state index in [-0.39, 0.29) is 24.5 Å². The van der Waals surface area contributed by atoms with Crippen molar-refractivity contribution >= 4 is 12.0 Å². The van der Waals surface area contributed by atoms with Crippen molar-refractivity contribution < 1.29 is 14.7 Å². The van der Waals surface area contributed by atoms with Crippen molar-refractivity contribution in [3.8, 4) is 0 Å². The smallest absolute Gasteiger partial charge is 0.317 e. The average Bonchev–Trinajstić information content (AvgIpc) is 2.57. The molecule has 0 aromatic heterocycles. The number of rotatable bonds is 5. The first kappa shape index (κ1) is 15.8. The molecule has 2 amide bonds. The van der Waals surface area contributed by atoms with E-state index in [2.05, 4.69) is 19.2 Å². The van der Waals surface area contributed by atoms with E-state index in [0.29, 0.717) is 12.0 Å². The Kier molecular flexibility index (Phi) is 5.20. The first-order valence-corrected chi connectivity index (χ1v) is 7.04. The van der Waals surface area contributed by atoms with E-state index in [1.165, 1.54) is 0 Å². The molecule has 2 atom stereocenters. The summed E-state index contributed by atoms with van der Waals surface area (Å²) in [6.07, 6.45) is 3.10. The Morgan fingerprint density at radius 3 is 2.53 bits per heavy atom. The summed E-state index contributed by atoms with van der Waals surface area (Å²) in [5, 5.41) is 11.8. The molecular weight excluding hydrogens is 244 g/mol. The zero-order valence-corrected chi connectivity index (χ0v) is 12.4. The molecule has 2 N–H and O–H groups in total. The number of urea groups is 1. The van der Waals surface area contributed by atoms with Crippen molar-refractivity contribution in [2.75, 3.05) is 6.54 Å². The van der Waals surface area contributed by atoms with E-state index in [1.807, 2.05) is 6.92 Å². The second kappa shape index (κ2) is 6.26. The second-order valence-electron chi connectivity index (χ2n) is 6.29. The largest absolute Gasteiger partial charge is 0.481 e. The van der Waals surface area contributed by atoms with Crippen LogP contribution < -0.4 is 5.32 Å². The molecule has 1 rings (SSSR count). The van der Waals surface area contributed by atoms with Gasteiger partial charge in [0, 0.05) is 18.6 Å². The van der Waals surface area contributed by atoms with Crippen molar-refractivity contribution in [3.05, 3.63) is 0 Å². The third-order valence-corrected chi connectivity index (χ3v) is 3.90. The Morgan fingerprint density at radius 1 is 1.47 bits per heavy atom. The Balaban J connectivity index is 2.52. The van der Waals surface area contributed by atoms with Gasteiger partial charge in [-0.3, -0.25) is 4.79 Å². The molecular formula is C14H26N2O3. The maximum Gasteiger partial charge on any atom is 0.317 e. The van der Waals surface area contributed by atoms with Gasteiger partial charge in [0.05, 0.1) is 6.42 Å². The van der Waals surface area contributed by atoms with Crippen LogP contribution in [0.5, 0.6) is 0 Å². The lowest BCUT2D eigenvalue weighted by molar-refractivity contribution is -0.138. The number of aliphatic carboxylic acids is 1. The summed E-state index contributed by atoms with van der Waals surface area (Å²) in [5.74, 6) is -0.874. The molecule has 110 valence electrons. The number of nitrogens with one attached hydrogen (secondary N) is 1. The average molecular weight is 270 g/mol. The molecule has 0 aromatic rings. The van der Waals surface area contributed by atoms with Gasteiger partial charge in [-0.15, -0.1) is 0 Å². The number of hydrogen-bond acceptors (Lipinski definition) is 2. The molecule has 0 aromatic carbocycles. The van der Waals surface area contributed by atoms with E-state index in [4.69, 9.17) is 5.11 Å². The number of carbonyl (C=O) groups is 2. The van der Waals surface area contributed by atoms with Crippen LogP contribution in [0.4, 0.5) is 4.79 Å². The fourth-order valence-corrected chi connectivity index (χ4v) is 2.84. The molecule has 0 saturated heterocycles. The topological polar surface area (TPSA) is 69.6 Å². The lowest BCUT2D eigenvalue weighted by atomic mass is 9.92. The fourth-order valence-electron chi connectivity index (χ4n) is 2.84. The van der Waals surface area contributed by atoms with Gasteiger partial charge >= 0.3 is 12.0 Å². The van der Waals surface area contributed by atoms with Gasteiger partial charge in [-0.05, 0) is 38.5 Å². The normalized spacial score (nSPS) is 22.8.